The van der Waals surface area contributed by atoms with E-state index < -0.39 is 17.9 Å². The number of nitrogens with zero attached hydrogens (tertiary/aromatic N) is 4. The van der Waals surface area contributed by atoms with Gasteiger partial charge in [0, 0.05) is 47.2 Å². The molecule has 194 valence electrons. The molecule has 39 heavy (non-hydrogen) atoms. The molecule has 0 spiro atoms. The third-order valence-electron chi connectivity index (χ3n) is 6.55. The van der Waals surface area contributed by atoms with E-state index in [0.29, 0.717) is 40.7 Å². The van der Waals surface area contributed by atoms with Gasteiger partial charge in [0.25, 0.3) is 11.8 Å². The molecule has 1 aromatic carbocycles. The number of fused-ring (bicyclic) bond motifs is 1. The number of nitrogens with two attached hydrogens (primary N) is 1. The fourth-order valence-corrected chi connectivity index (χ4v) is 4.52. The van der Waals surface area contributed by atoms with Crippen LogP contribution in [-0.2, 0) is 4.79 Å². The van der Waals surface area contributed by atoms with Crippen LogP contribution in [0, 0.1) is 11.8 Å². The highest BCUT2D eigenvalue weighted by atomic mass is 16.4. The van der Waals surface area contributed by atoms with Crippen molar-refractivity contribution in [3.63, 3.8) is 0 Å². The number of nitrogens with one attached hydrogen (secondary N) is 1. The summed E-state index contributed by atoms with van der Waals surface area (Å²) in [7, 11) is 0. The number of carboxylic acids is 1. The Kier molecular flexibility index (Phi) is 7.25. The van der Waals surface area contributed by atoms with Crippen molar-refractivity contribution in [3.05, 3.63) is 89.5 Å². The Morgan fingerprint density at radius 3 is 2.49 bits per heavy atom. The summed E-state index contributed by atoms with van der Waals surface area (Å²) in [6, 6.07) is 13.3. The SMILES string of the molecule is NNC(=O)c1cc(-c2ccc(C#Cc3ccc(C(=O)N4CCCCC4C(=O)O)nc3)cc2)nc2ccncc12. The van der Waals surface area contributed by atoms with Crippen molar-refractivity contribution < 1.29 is 19.5 Å². The number of pyridine rings is 3. The summed E-state index contributed by atoms with van der Waals surface area (Å²) in [5.41, 5.74) is 6.13. The molecule has 1 atom stereocenters. The Labute approximate surface area is 223 Å². The second kappa shape index (κ2) is 11.1. The second-order valence-corrected chi connectivity index (χ2v) is 9.03. The van der Waals surface area contributed by atoms with Gasteiger partial charge >= 0.3 is 5.97 Å². The van der Waals surface area contributed by atoms with Crippen molar-refractivity contribution in [3.8, 4) is 23.1 Å². The van der Waals surface area contributed by atoms with Gasteiger partial charge in [-0.15, -0.1) is 0 Å². The van der Waals surface area contributed by atoms with Crippen LogP contribution < -0.4 is 11.3 Å². The molecule has 0 radical (unpaired) electrons. The van der Waals surface area contributed by atoms with Crippen molar-refractivity contribution in [2.75, 3.05) is 6.54 Å². The first-order chi connectivity index (χ1) is 18.9. The molecule has 1 unspecified atom stereocenters. The lowest BCUT2D eigenvalue weighted by atomic mass is 10.0. The molecule has 5 rings (SSSR count). The smallest absolute Gasteiger partial charge is 0.326 e. The second-order valence-electron chi connectivity index (χ2n) is 9.03. The van der Waals surface area contributed by atoms with E-state index in [4.69, 9.17) is 5.84 Å². The Bertz CT molecular complexity index is 1620. The Morgan fingerprint density at radius 1 is 1.00 bits per heavy atom. The van der Waals surface area contributed by atoms with Gasteiger partial charge in [0.15, 0.2) is 0 Å². The maximum absolute atomic E-state index is 12.8. The normalized spacial score (nSPS) is 14.8. The zero-order chi connectivity index (χ0) is 27.4. The molecule has 1 saturated heterocycles. The predicted molar refractivity (Wildman–Crippen MR) is 143 cm³/mol. The molecule has 2 amide bonds. The predicted octanol–water partition coefficient (Wildman–Crippen LogP) is 2.77. The third-order valence-corrected chi connectivity index (χ3v) is 6.55. The van der Waals surface area contributed by atoms with Crippen LogP contribution in [0.3, 0.4) is 0 Å². The number of benzene rings is 1. The van der Waals surface area contributed by atoms with E-state index in [0.717, 1.165) is 24.0 Å². The zero-order valence-electron chi connectivity index (χ0n) is 20.8. The van der Waals surface area contributed by atoms with Crippen LogP contribution in [0.25, 0.3) is 22.2 Å². The summed E-state index contributed by atoms with van der Waals surface area (Å²) in [5, 5.41) is 10.0. The minimum absolute atomic E-state index is 0.194. The number of amides is 2. The molecule has 0 bridgehead atoms. The largest absolute Gasteiger partial charge is 0.480 e. The van der Waals surface area contributed by atoms with Crippen LogP contribution in [0.15, 0.2) is 67.1 Å². The lowest BCUT2D eigenvalue weighted by molar-refractivity contribution is -0.143. The van der Waals surface area contributed by atoms with Crippen molar-refractivity contribution >= 4 is 28.7 Å². The number of hydrogen-bond acceptors (Lipinski definition) is 7. The lowest BCUT2D eigenvalue weighted by Crippen LogP contribution is -2.48. The van der Waals surface area contributed by atoms with Crippen LogP contribution in [0.5, 0.6) is 0 Å². The van der Waals surface area contributed by atoms with Crippen LogP contribution in [0.2, 0.25) is 0 Å². The number of carbonyl (C=O) groups excluding carboxylic acids is 2. The standard InChI is InChI=1S/C29H24N6O4/c30-34-27(36)21-15-25(33-23-12-13-31-17-22(21)23)20-9-6-18(7-10-20)4-5-19-8-11-24(32-16-19)28(37)35-14-2-1-3-26(35)29(38)39/h6-13,15-17,26H,1-3,14,30H2,(H,34,36)(H,38,39). The van der Waals surface area contributed by atoms with Gasteiger partial charge in [-0.1, -0.05) is 24.0 Å². The van der Waals surface area contributed by atoms with Gasteiger partial charge in [-0.3, -0.25) is 20.0 Å². The summed E-state index contributed by atoms with van der Waals surface area (Å²) in [5.74, 6) is 9.64. The highest BCUT2D eigenvalue weighted by Gasteiger charge is 2.32. The van der Waals surface area contributed by atoms with Gasteiger partial charge in [-0.25, -0.2) is 20.6 Å². The van der Waals surface area contributed by atoms with E-state index in [1.807, 2.05) is 24.3 Å². The van der Waals surface area contributed by atoms with E-state index in [-0.39, 0.29) is 11.6 Å². The van der Waals surface area contributed by atoms with E-state index in [1.165, 1.54) is 11.1 Å². The molecule has 1 aliphatic heterocycles. The number of likely N-dealkylation sites (tertiary alicyclic amines) is 1. The maximum Gasteiger partial charge on any atom is 0.326 e. The van der Waals surface area contributed by atoms with E-state index in [2.05, 4.69) is 32.2 Å². The van der Waals surface area contributed by atoms with Gasteiger partial charge in [-0.2, -0.15) is 0 Å². The monoisotopic (exact) mass is 520 g/mol. The number of piperidine rings is 1. The fraction of sp³-hybridized carbons (Fsp3) is 0.172. The number of carboxylic acid groups (broad SMARTS) is 1. The number of rotatable bonds is 4. The highest BCUT2D eigenvalue weighted by Crippen LogP contribution is 2.25. The summed E-state index contributed by atoms with van der Waals surface area (Å²) >= 11 is 0. The maximum atomic E-state index is 12.8. The van der Waals surface area contributed by atoms with E-state index >= 15 is 0 Å². The Hall–Kier alpha value is -5.14. The number of aliphatic carboxylic acids is 1. The van der Waals surface area contributed by atoms with Gasteiger partial charge in [-0.05, 0) is 55.7 Å². The first-order valence-electron chi connectivity index (χ1n) is 12.3. The van der Waals surface area contributed by atoms with Gasteiger partial charge in [0.2, 0.25) is 0 Å². The molecule has 0 aliphatic carbocycles. The minimum atomic E-state index is -0.994. The van der Waals surface area contributed by atoms with Crippen LogP contribution >= 0.6 is 0 Å². The van der Waals surface area contributed by atoms with Crippen LogP contribution in [0.4, 0.5) is 0 Å². The topological polar surface area (TPSA) is 151 Å². The van der Waals surface area contributed by atoms with Crippen molar-refractivity contribution in [1.29, 1.82) is 0 Å². The molecular weight excluding hydrogens is 496 g/mol. The molecule has 10 heteroatoms. The Morgan fingerprint density at radius 2 is 1.77 bits per heavy atom. The summed E-state index contributed by atoms with van der Waals surface area (Å²) < 4.78 is 0. The molecule has 4 aromatic rings. The molecule has 10 nitrogen and oxygen atoms in total. The summed E-state index contributed by atoms with van der Waals surface area (Å²) in [4.78, 5) is 51.0. The molecular formula is C29H24N6O4. The first kappa shape index (κ1) is 25.5. The van der Waals surface area contributed by atoms with E-state index in [9.17, 15) is 19.5 Å². The third kappa shape index (κ3) is 5.44. The number of hydrazine groups is 1. The Balaban J connectivity index is 1.33. The molecule has 4 N–H and O–H groups in total. The average Bonchev–Trinajstić information content (AvgIpc) is 2.99. The quantitative estimate of drug-likeness (QED) is 0.161. The first-order valence-corrected chi connectivity index (χ1v) is 12.3. The molecule has 4 heterocycles. The van der Waals surface area contributed by atoms with Gasteiger partial charge < -0.3 is 10.0 Å². The number of carbonyl (C=O) groups is 3. The summed E-state index contributed by atoms with van der Waals surface area (Å²) in [6.07, 6.45) is 6.70. The molecule has 1 aliphatic rings. The molecule has 3 aromatic heterocycles. The van der Waals surface area contributed by atoms with E-state index in [1.54, 1.807) is 36.7 Å². The van der Waals surface area contributed by atoms with Crippen LogP contribution in [-0.4, -0.2) is 55.3 Å². The summed E-state index contributed by atoms with van der Waals surface area (Å²) in [6.45, 7) is 0.405. The van der Waals surface area contributed by atoms with Crippen LogP contribution in [0.1, 0.15) is 51.2 Å². The number of aromatic nitrogens is 3. The lowest BCUT2D eigenvalue weighted by Gasteiger charge is -2.32. The number of nitrogen functional groups attached to an aromatic ring is 1. The van der Waals surface area contributed by atoms with Crippen molar-refractivity contribution in [2.45, 2.75) is 25.3 Å². The van der Waals surface area contributed by atoms with Gasteiger partial charge in [0.1, 0.15) is 11.7 Å². The molecule has 0 saturated carbocycles. The zero-order valence-corrected chi connectivity index (χ0v) is 20.8. The van der Waals surface area contributed by atoms with Crippen molar-refractivity contribution in [1.82, 2.24) is 25.3 Å². The number of hydrogen-bond donors (Lipinski definition) is 3. The highest BCUT2D eigenvalue weighted by molar-refractivity contribution is 6.06. The molecule has 1 fully saturated rings. The minimum Gasteiger partial charge on any atom is -0.480 e. The van der Waals surface area contributed by atoms with Crippen molar-refractivity contribution in [2.24, 2.45) is 5.84 Å². The fourth-order valence-electron chi connectivity index (χ4n) is 4.52. The van der Waals surface area contributed by atoms with Gasteiger partial charge in [0.05, 0.1) is 16.8 Å². The average molecular weight is 521 g/mol.